The maximum Gasteiger partial charge on any atom is 0.303 e. The summed E-state index contributed by atoms with van der Waals surface area (Å²) in [5, 5.41) is 8.59. The third kappa shape index (κ3) is 3.17. The van der Waals surface area contributed by atoms with Crippen LogP contribution in [0, 0.1) is 5.82 Å². The van der Waals surface area contributed by atoms with Crippen molar-refractivity contribution in [1.82, 2.24) is 9.55 Å². The van der Waals surface area contributed by atoms with Gasteiger partial charge in [-0.15, -0.1) is 0 Å². The summed E-state index contributed by atoms with van der Waals surface area (Å²) in [5.74, 6) is -1.33. The molecular weight excluding hydrogens is 249 g/mol. The molecule has 0 aliphatic carbocycles. The molecule has 0 fully saturated rings. The van der Waals surface area contributed by atoms with Gasteiger partial charge in [-0.1, -0.05) is 6.07 Å². The van der Waals surface area contributed by atoms with Gasteiger partial charge in [-0.25, -0.2) is 9.37 Å². The van der Waals surface area contributed by atoms with Crippen molar-refractivity contribution >= 4 is 5.97 Å². The Hall–Kier alpha value is -2.21. The fraction of sp³-hybridized carbons (Fsp3) is 0.231. The Balaban J connectivity index is 2.17. The van der Waals surface area contributed by atoms with Crippen molar-refractivity contribution in [3.63, 3.8) is 0 Å². The van der Waals surface area contributed by atoms with Crippen molar-refractivity contribution in [3.8, 4) is 5.69 Å². The predicted octanol–water partition coefficient (Wildman–Crippen LogP) is 1.88. The van der Waals surface area contributed by atoms with Crippen LogP contribution in [0.2, 0.25) is 0 Å². The van der Waals surface area contributed by atoms with E-state index in [4.69, 9.17) is 10.8 Å². The number of imidazole rings is 1. The van der Waals surface area contributed by atoms with E-state index in [1.54, 1.807) is 29.1 Å². The van der Waals surface area contributed by atoms with Crippen LogP contribution in [0.3, 0.4) is 0 Å². The van der Waals surface area contributed by atoms with E-state index in [1.165, 1.54) is 12.4 Å². The lowest BCUT2D eigenvalue weighted by Crippen LogP contribution is -2.13. The van der Waals surface area contributed by atoms with Crippen LogP contribution < -0.4 is 5.73 Å². The van der Waals surface area contributed by atoms with Crippen LogP contribution in [0.15, 0.2) is 36.9 Å². The predicted molar refractivity (Wildman–Crippen MR) is 67.3 cm³/mol. The van der Waals surface area contributed by atoms with E-state index < -0.39 is 17.8 Å². The molecule has 0 saturated heterocycles. The standard InChI is InChI=1S/C13H14FN3O2/c14-10-7-9(11(15)2-4-13(18)19)1-3-12(10)17-6-5-16-8-17/h1,3,5-8,11H,2,4,15H2,(H,18,19). The molecule has 0 saturated carbocycles. The number of hydrogen-bond donors (Lipinski definition) is 2. The van der Waals surface area contributed by atoms with E-state index in [0.717, 1.165) is 0 Å². The highest BCUT2D eigenvalue weighted by Crippen LogP contribution is 2.21. The smallest absolute Gasteiger partial charge is 0.303 e. The fourth-order valence-corrected chi connectivity index (χ4v) is 1.81. The topological polar surface area (TPSA) is 81.1 Å². The molecule has 0 aliphatic rings. The molecule has 6 heteroatoms. The summed E-state index contributed by atoms with van der Waals surface area (Å²) in [4.78, 5) is 14.3. The molecule has 1 heterocycles. The molecule has 0 bridgehead atoms. The van der Waals surface area contributed by atoms with Gasteiger partial charge >= 0.3 is 5.97 Å². The van der Waals surface area contributed by atoms with Crippen molar-refractivity contribution in [2.24, 2.45) is 5.73 Å². The zero-order valence-corrected chi connectivity index (χ0v) is 10.2. The molecule has 1 unspecified atom stereocenters. The summed E-state index contributed by atoms with van der Waals surface area (Å²) < 4.78 is 15.5. The first kappa shape index (κ1) is 13.2. The second kappa shape index (κ2) is 5.62. The van der Waals surface area contributed by atoms with Crippen molar-refractivity contribution in [3.05, 3.63) is 48.3 Å². The van der Waals surface area contributed by atoms with Gasteiger partial charge in [0.15, 0.2) is 0 Å². The quantitative estimate of drug-likeness (QED) is 0.863. The first-order valence-corrected chi connectivity index (χ1v) is 5.83. The molecule has 3 N–H and O–H groups in total. The van der Waals surface area contributed by atoms with E-state index >= 15 is 0 Å². The Kier molecular flexibility index (Phi) is 3.91. The van der Waals surface area contributed by atoms with Crippen LogP contribution >= 0.6 is 0 Å². The number of nitrogens with two attached hydrogens (primary N) is 1. The van der Waals surface area contributed by atoms with E-state index in [1.807, 2.05) is 0 Å². The Morgan fingerprint density at radius 3 is 2.89 bits per heavy atom. The molecule has 5 nitrogen and oxygen atoms in total. The largest absolute Gasteiger partial charge is 0.481 e. The van der Waals surface area contributed by atoms with Gasteiger partial charge in [0, 0.05) is 24.9 Å². The van der Waals surface area contributed by atoms with Crippen molar-refractivity contribution in [2.75, 3.05) is 0 Å². The van der Waals surface area contributed by atoms with Gasteiger partial charge in [0.2, 0.25) is 0 Å². The van der Waals surface area contributed by atoms with Gasteiger partial charge < -0.3 is 15.4 Å². The summed E-state index contributed by atoms with van der Waals surface area (Å²) in [5.41, 5.74) is 6.80. The first-order valence-electron chi connectivity index (χ1n) is 5.83. The van der Waals surface area contributed by atoms with Gasteiger partial charge in [0.05, 0.1) is 12.0 Å². The van der Waals surface area contributed by atoms with Crippen LogP contribution in [0.1, 0.15) is 24.4 Å². The number of carboxylic acids is 1. The first-order chi connectivity index (χ1) is 9.08. The molecule has 0 aliphatic heterocycles. The van der Waals surface area contributed by atoms with Crippen LogP contribution in [-0.2, 0) is 4.79 Å². The van der Waals surface area contributed by atoms with Gasteiger partial charge in [0.1, 0.15) is 5.82 Å². The number of carbonyl (C=O) groups is 1. The highest BCUT2D eigenvalue weighted by atomic mass is 19.1. The number of aliphatic carboxylic acids is 1. The number of hydrogen-bond acceptors (Lipinski definition) is 3. The minimum absolute atomic E-state index is 0.0357. The third-order valence-corrected chi connectivity index (χ3v) is 2.85. The Morgan fingerprint density at radius 2 is 2.32 bits per heavy atom. The average Bonchev–Trinajstić information content (AvgIpc) is 2.89. The number of halogens is 1. The Bertz CT molecular complexity index is 569. The molecular formula is C13H14FN3O2. The lowest BCUT2D eigenvalue weighted by atomic mass is 10.0. The Labute approximate surface area is 109 Å². The van der Waals surface area contributed by atoms with Gasteiger partial charge in [-0.3, -0.25) is 4.79 Å². The highest BCUT2D eigenvalue weighted by Gasteiger charge is 2.12. The molecule has 19 heavy (non-hydrogen) atoms. The highest BCUT2D eigenvalue weighted by molar-refractivity contribution is 5.66. The van der Waals surface area contributed by atoms with E-state index in [9.17, 15) is 9.18 Å². The summed E-state index contributed by atoms with van der Waals surface area (Å²) in [6.45, 7) is 0. The second-order valence-electron chi connectivity index (χ2n) is 4.22. The fourth-order valence-electron chi connectivity index (χ4n) is 1.81. The zero-order chi connectivity index (χ0) is 13.8. The maximum atomic E-state index is 14.0. The van der Waals surface area contributed by atoms with Crippen molar-refractivity contribution < 1.29 is 14.3 Å². The number of rotatable bonds is 5. The molecule has 1 aromatic carbocycles. The second-order valence-corrected chi connectivity index (χ2v) is 4.22. The van der Waals surface area contributed by atoms with Crippen LogP contribution in [0.4, 0.5) is 4.39 Å². The van der Waals surface area contributed by atoms with E-state index in [-0.39, 0.29) is 12.8 Å². The number of aromatic nitrogens is 2. The lowest BCUT2D eigenvalue weighted by molar-refractivity contribution is -0.137. The number of nitrogens with zero attached hydrogens (tertiary/aromatic N) is 2. The minimum atomic E-state index is -0.911. The molecule has 0 amide bonds. The molecule has 1 aromatic heterocycles. The lowest BCUT2D eigenvalue weighted by Gasteiger charge is -2.12. The summed E-state index contributed by atoms with van der Waals surface area (Å²) >= 11 is 0. The van der Waals surface area contributed by atoms with Crippen molar-refractivity contribution in [2.45, 2.75) is 18.9 Å². The van der Waals surface area contributed by atoms with Crippen LogP contribution in [-0.4, -0.2) is 20.6 Å². The minimum Gasteiger partial charge on any atom is -0.481 e. The molecule has 100 valence electrons. The molecule has 0 spiro atoms. The Morgan fingerprint density at radius 1 is 1.53 bits per heavy atom. The van der Waals surface area contributed by atoms with Crippen LogP contribution in [0.25, 0.3) is 5.69 Å². The molecule has 1 atom stereocenters. The average molecular weight is 263 g/mol. The molecule has 0 radical (unpaired) electrons. The number of benzene rings is 1. The van der Waals surface area contributed by atoms with Crippen molar-refractivity contribution in [1.29, 1.82) is 0 Å². The third-order valence-electron chi connectivity index (χ3n) is 2.85. The van der Waals surface area contributed by atoms with Gasteiger partial charge in [-0.05, 0) is 24.1 Å². The summed E-state index contributed by atoms with van der Waals surface area (Å²) in [6.07, 6.45) is 4.95. The summed E-state index contributed by atoms with van der Waals surface area (Å²) in [6, 6.07) is 4.15. The zero-order valence-electron chi connectivity index (χ0n) is 10.2. The normalized spacial score (nSPS) is 12.3. The summed E-state index contributed by atoms with van der Waals surface area (Å²) in [7, 11) is 0. The maximum absolute atomic E-state index is 14.0. The van der Waals surface area contributed by atoms with Crippen LogP contribution in [0.5, 0.6) is 0 Å². The number of carboxylic acid groups (broad SMARTS) is 1. The molecule has 2 rings (SSSR count). The van der Waals surface area contributed by atoms with E-state index in [0.29, 0.717) is 11.3 Å². The molecule has 2 aromatic rings. The monoisotopic (exact) mass is 263 g/mol. The van der Waals surface area contributed by atoms with Gasteiger partial charge in [0.25, 0.3) is 0 Å². The van der Waals surface area contributed by atoms with E-state index in [2.05, 4.69) is 4.98 Å². The van der Waals surface area contributed by atoms with Gasteiger partial charge in [-0.2, -0.15) is 0 Å². The SMILES string of the molecule is NC(CCC(=O)O)c1ccc(-n2ccnc2)c(F)c1.